The second kappa shape index (κ2) is 8.31. The Labute approximate surface area is 117 Å². The van der Waals surface area contributed by atoms with Crippen LogP contribution in [-0.4, -0.2) is 13.1 Å². The smallest absolute Gasteiger partial charge is 0.123 e. The minimum absolute atomic E-state index is 0.120. The third-order valence-electron chi connectivity index (χ3n) is 3.48. The molecule has 19 heavy (non-hydrogen) atoms. The highest BCUT2D eigenvalue weighted by molar-refractivity contribution is 5.27. The van der Waals surface area contributed by atoms with Gasteiger partial charge in [0.25, 0.3) is 0 Å². The maximum absolute atomic E-state index is 13.4. The van der Waals surface area contributed by atoms with Crippen LogP contribution in [0.25, 0.3) is 0 Å². The molecule has 0 spiro atoms. The first-order valence-corrected chi connectivity index (χ1v) is 7.48. The zero-order valence-electron chi connectivity index (χ0n) is 12.8. The van der Waals surface area contributed by atoms with Crippen molar-refractivity contribution in [1.82, 2.24) is 5.32 Å². The SMILES string of the molecule is CCCNCC(Cc1cc(F)ccc1C)CC(C)C. The lowest BCUT2D eigenvalue weighted by Crippen LogP contribution is -2.26. The maximum Gasteiger partial charge on any atom is 0.123 e. The second-order valence-electron chi connectivity index (χ2n) is 5.97. The molecule has 1 atom stereocenters. The number of hydrogen-bond donors (Lipinski definition) is 1. The van der Waals surface area contributed by atoms with Crippen LogP contribution in [0.15, 0.2) is 18.2 Å². The summed E-state index contributed by atoms with van der Waals surface area (Å²) >= 11 is 0. The van der Waals surface area contributed by atoms with E-state index in [2.05, 4.69) is 33.0 Å². The molecule has 1 unspecified atom stereocenters. The van der Waals surface area contributed by atoms with Crippen LogP contribution in [0.2, 0.25) is 0 Å². The molecule has 1 aromatic carbocycles. The highest BCUT2D eigenvalue weighted by Crippen LogP contribution is 2.20. The van der Waals surface area contributed by atoms with E-state index in [0.717, 1.165) is 31.5 Å². The summed E-state index contributed by atoms with van der Waals surface area (Å²) in [5.74, 6) is 1.15. The Hall–Kier alpha value is -0.890. The first-order chi connectivity index (χ1) is 9.02. The van der Waals surface area contributed by atoms with E-state index in [1.165, 1.54) is 12.0 Å². The van der Waals surface area contributed by atoms with Crippen molar-refractivity contribution in [3.05, 3.63) is 35.1 Å². The summed E-state index contributed by atoms with van der Waals surface area (Å²) in [7, 11) is 0. The maximum atomic E-state index is 13.4. The van der Waals surface area contributed by atoms with Crippen molar-refractivity contribution in [2.24, 2.45) is 11.8 Å². The van der Waals surface area contributed by atoms with Gasteiger partial charge in [-0.25, -0.2) is 4.39 Å². The lowest BCUT2D eigenvalue weighted by molar-refractivity contribution is 0.384. The van der Waals surface area contributed by atoms with Crippen LogP contribution >= 0.6 is 0 Å². The standard InChI is InChI=1S/C17H28FN/c1-5-8-19-12-15(9-13(2)3)10-16-11-17(18)7-6-14(16)4/h6-7,11,13,15,19H,5,8-10,12H2,1-4H3. The Morgan fingerprint density at radius 1 is 1.26 bits per heavy atom. The number of benzene rings is 1. The summed E-state index contributed by atoms with van der Waals surface area (Å²) in [5, 5.41) is 3.50. The van der Waals surface area contributed by atoms with Crippen molar-refractivity contribution < 1.29 is 4.39 Å². The molecular weight excluding hydrogens is 237 g/mol. The van der Waals surface area contributed by atoms with Gasteiger partial charge in [0.2, 0.25) is 0 Å². The topological polar surface area (TPSA) is 12.0 Å². The van der Waals surface area contributed by atoms with Crippen LogP contribution in [0.4, 0.5) is 4.39 Å². The van der Waals surface area contributed by atoms with E-state index in [-0.39, 0.29) is 5.82 Å². The van der Waals surface area contributed by atoms with Gasteiger partial charge in [0.1, 0.15) is 5.82 Å². The minimum atomic E-state index is -0.120. The molecule has 0 aromatic heterocycles. The third-order valence-corrected chi connectivity index (χ3v) is 3.48. The molecule has 108 valence electrons. The van der Waals surface area contributed by atoms with Crippen molar-refractivity contribution in [3.8, 4) is 0 Å². The summed E-state index contributed by atoms with van der Waals surface area (Å²) in [4.78, 5) is 0. The molecule has 0 saturated carbocycles. The van der Waals surface area contributed by atoms with Crippen molar-refractivity contribution in [2.45, 2.75) is 47.0 Å². The Morgan fingerprint density at radius 2 is 2.00 bits per heavy atom. The molecule has 0 amide bonds. The highest BCUT2D eigenvalue weighted by Gasteiger charge is 2.13. The Kier molecular flexibility index (Phi) is 7.07. The number of rotatable bonds is 8. The zero-order chi connectivity index (χ0) is 14.3. The molecule has 0 heterocycles. The van der Waals surface area contributed by atoms with Gasteiger partial charge in [-0.15, -0.1) is 0 Å². The molecule has 1 nitrogen and oxygen atoms in total. The lowest BCUT2D eigenvalue weighted by atomic mass is 9.89. The molecule has 1 N–H and O–H groups in total. The molecule has 1 aromatic rings. The first kappa shape index (κ1) is 16.2. The van der Waals surface area contributed by atoms with Gasteiger partial charge in [-0.3, -0.25) is 0 Å². The van der Waals surface area contributed by atoms with Crippen molar-refractivity contribution in [2.75, 3.05) is 13.1 Å². The van der Waals surface area contributed by atoms with Gasteiger partial charge in [-0.2, -0.15) is 0 Å². The molecular formula is C17H28FN. The van der Waals surface area contributed by atoms with E-state index < -0.39 is 0 Å². The van der Waals surface area contributed by atoms with Gasteiger partial charge in [0.15, 0.2) is 0 Å². The van der Waals surface area contributed by atoms with Gasteiger partial charge in [0.05, 0.1) is 0 Å². The summed E-state index contributed by atoms with van der Waals surface area (Å²) in [6.45, 7) is 10.9. The second-order valence-corrected chi connectivity index (χ2v) is 5.97. The van der Waals surface area contributed by atoms with E-state index in [4.69, 9.17) is 0 Å². The molecule has 0 aliphatic heterocycles. The molecule has 0 bridgehead atoms. The number of hydrogen-bond acceptors (Lipinski definition) is 1. The van der Waals surface area contributed by atoms with Gasteiger partial charge in [-0.05, 0) is 74.4 Å². The first-order valence-electron chi connectivity index (χ1n) is 7.48. The van der Waals surface area contributed by atoms with E-state index >= 15 is 0 Å². The van der Waals surface area contributed by atoms with Crippen LogP contribution in [0.1, 0.15) is 44.7 Å². The lowest BCUT2D eigenvalue weighted by Gasteiger charge is -2.20. The number of nitrogens with one attached hydrogen (secondary N) is 1. The Bertz CT molecular complexity index is 374. The normalized spacial score (nSPS) is 12.9. The fourth-order valence-corrected chi connectivity index (χ4v) is 2.56. The molecule has 0 fully saturated rings. The van der Waals surface area contributed by atoms with Gasteiger partial charge >= 0.3 is 0 Å². The molecule has 0 aliphatic rings. The Balaban J connectivity index is 2.66. The molecule has 0 aliphatic carbocycles. The number of halogens is 1. The van der Waals surface area contributed by atoms with Crippen molar-refractivity contribution in [1.29, 1.82) is 0 Å². The monoisotopic (exact) mass is 265 g/mol. The quantitative estimate of drug-likeness (QED) is 0.689. The largest absolute Gasteiger partial charge is 0.316 e. The predicted molar refractivity (Wildman–Crippen MR) is 80.9 cm³/mol. The third kappa shape index (κ3) is 6.20. The molecule has 1 rings (SSSR count). The minimum Gasteiger partial charge on any atom is -0.316 e. The van der Waals surface area contributed by atoms with Gasteiger partial charge in [0, 0.05) is 0 Å². The van der Waals surface area contributed by atoms with E-state index in [9.17, 15) is 4.39 Å². The van der Waals surface area contributed by atoms with Crippen LogP contribution in [0.5, 0.6) is 0 Å². The molecule has 0 saturated heterocycles. The molecule has 2 heteroatoms. The fourth-order valence-electron chi connectivity index (χ4n) is 2.56. The predicted octanol–water partition coefficient (Wildman–Crippen LogP) is 4.34. The van der Waals surface area contributed by atoms with Gasteiger partial charge in [-0.1, -0.05) is 26.8 Å². The van der Waals surface area contributed by atoms with Crippen molar-refractivity contribution in [3.63, 3.8) is 0 Å². The van der Waals surface area contributed by atoms with Gasteiger partial charge < -0.3 is 5.32 Å². The molecule has 0 radical (unpaired) electrons. The van der Waals surface area contributed by atoms with Crippen LogP contribution in [-0.2, 0) is 6.42 Å². The number of aryl methyl sites for hydroxylation is 1. The Morgan fingerprint density at radius 3 is 2.63 bits per heavy atom. The average molecular weight is 265 g/mol. The van der Waals surface area contributed by atoms with E-state index in [0.29, 0.717) is 11.8 Å². The van der Waals surface area contributed by atoms with Crippen LogP contribution in [0.3, 0.4) is 0 Å². The summed E-state index contributed by atoms with van der Waals surface area (Å²) in [6.07, 6.45) is 3.32. The fraction of sp³-hybridized carbons (Fsp3) is 0.647. The zero-order valence-corrected chi connectivity index (χ0v) is 12.8. The summed E-state index contributed by atoms with van der Waals surface area (Å²) in [5.41, 5.74) is 2.36. The summed E-state index contributed by atoms with van der Waals surface area (Å²) in [6, 6.07) is 5.13. The highest BCUT2D eigenvalue weighted by atomic mass is 19.1. The van der Waals surface area contributed by atoms with Crippen molar-refractivity contribution >= 4 is 0 Å². The van der Waals surface area contributed by atoms with E-state index in [1.807, 2.05) is 6.07 Å². The average Bonchev–Trinajstić information content (AvgIpc) is 2.33. The van der Waals surface area contributed by atoms with E-state index in [1.54, 1.807) is 12.1 Å². The van der Waals surface area contributed by atoms with Crippen LogP contribution < -0.4 is 5.32 Å². The van der Waals surface area contributed by atoms with Crippen LogP contribution in [0, 0.1) is 24.6 Å². The summed E-state index contributed by atoms with van der Waals surface area (Å²) < 4.78 is 13.4.